The van der Waals surface area contributed by atoms with Gasteiger partial charge in [0.25, 0.3) is 5.91 Å². The fourth-order valence-corrected chi connectivity index (χ4v) is 3.84. The first kappa shape index (κ1) is 22.4. The summed E-state index contributed by atoms with van der Waals surface area (Å²) in [6.07, 6.45) is -4.94. The quantitative estimate of drug-likeness (QED) is 0.314. The molecule has 2 saturated heterocycles. The van der Waals surface area contributed by atoms with Crippen molar-refractivity contribution in [3.8, 4) is 11.8 Å². The van der Waals surface area contributed by atoms with Crippen molar-refractivity contribution in [1.82, 2.24) is 10.4 Å². The Labute approximate surface area is 186 Å². The van der Waals surface area contributed by atoms with E-state index in [1.807, 2.05) is 12.1 Å². The molecule has 0 saturated carbocycles. The summed E-state index contributed by atoms with van der Waals surface area (Å²) in [6, 6.07) is 15.2. The standard InChI is InChI=1S/C24H26N2O6/c27-20-21(28)23(24(29)25-30)32-22(20)19-9-7-17(8-10-19)2-1-16-3-5-18(6-4-16)15-26-11-13-31-14-12-26/h3-10,20-23,27-28,30H,11-15H2,(H,25,29)/t20-,21+,22-,23-/m0/s1. The van der Waals surface area contributed by atoms with E-state index in [1.165, 1.54) is 11.0 Å². The van der Waals surface area contributed by atoms with Crippen LogP contribution in [0, 0.1) is 11.8 Å². The molecule has 32 heavy (non-hydrogen) atoms. The number of benzene rings is 2. The molecule has 0 unspecified atom stereocenters. The highest BCUT2D eigenvalue weighted by Crippen LogP contribution is 2.33. The smallest absolute Gasteiger partial charge is 0.275 e. The monoisotopic (exact) mass is 438 g/mol. The van der Waals surface area contributed by atoms with E-state index in [1.54, 1.807) is 24.3 Å². The van der Waals surface area contributed by atoms with Crippen LogP contribution < -0.4 is 5.48 Å². The summed E-state index contributed by atoms with van der Waals surface area (Å²) in [5.41, 5.74) is 4.97. The van der Waals surface area contributed by atoms with E-state index in [4.69, 9.17) is 14.7 Å². The van der Waals surface area contributed by atoms with Crippen molar-refractivity contribution in [2.24, 2.45) is 0 Å². The lowest BCUT2D eigenvalue weighted by molar-refractivity contribution is -0.144. The van der Waals surface area contributed by atoms with Crippen molar-refractivity contribution in [3.05, 3.63) is 70.8 Å². The number of nitrogens with one attached hydrogen (secondary N) is 1. The van der Waals surface area contributed by atoms with Crippen molar-refractivity contribution >= 4 is 5.91 Å². The number of hydrogen-bond donors (Lipinski definition) is 4. The molecule has 2 aliphatic heterocycles. The third-order valence-electron chi connectivity index (χ3n) is 5.69. The lowest BCUT2D eigenvalue weighted by Crippen LogP contribution is -2.41. The molecular weight excluding hydrogens is 412 g/mol. The fraction of sp³-hybridized carbons (Fsp3) is 0.375. The second-order valence-corrected chi connectivity index (χ2v) is 7.89. The average molecular weight is 438 g/mol. The molecule has 4 N–H and O–H groups in total. The Bertz CT molecular complexity index is 976. The minimum Gasteiger partial charge on any atom is -0.387 e. The number of hydrogen-bond acceptors (Lipinski definition) is 7. The van der Waals surface area contributed by atoms with E-state index in [9.17, 15) is 15.0 Å². The molecule has 168 valence electrons. The third kappa shape index (κ3) is 5.16. The Morgan fingerprint density at radius 1 is 0.969 bits per heavy atom. The summed E-state index contributed by atoms with van der Waals surface area (Å²) >= 11 is 0. The highest BCUT2D eigenvalue weighted by Gasteiger charge is 2.46. The first-order valence-corrected chi connectivity index (χ1v) is 10.5. The molecule has 0 bridgehead atoms. The summed E-state index contributed by atoms with van der Waals surface area (Å²) in [5, 5.41) is 28.9. The molecule has 2 aliphatic rings. The molecular formula is C24H26N2O6. The number of carbonyl (C=O) groups excluding carboxylic acids is 1. The van der Waals surface area contributed by atoms with Crippen molar-refractivity contribution < 1.29 is 29.7 Å². The number of morpholine rings is 1. The molecule has 0 aliphatic carbocycles. The Hall–Kier alpha value is -2.77. The van der Waals surface area contributed by atoms with Gasteiger partial charge >= 0.3 is 0 Å². The molecule has 2 heterocycles. The topological polar surface area (TPSA) is 111 Å². The summed E-state index contributed by atoms with van der Waals surface area (Å²) in [6.45, 7) is 4.38. The van der Waals surface area contributed by atoms with Gasteiger partial charge in [-0.3, -0.25) is 14.9 Å². The van der Waals surface area contributed by atoms with Crippen LogP contribution in [0.1, 0.15) is 28.4 Å². The maximum atomic E-state index is 11.6. The van der Waals surface area contributed by atoms with Gasteiger partial charge in [-0.25, -0.2) is 5.48 Å². The molecule has 0 aromatic heterocycles. The van der Waals surface area contributed by atoms with Gasteiger partial charge in [-0.1, -0.05) is 36.1 Å². The number of rotatable bonds is 4. The molecule has 1 amide bonds. The molecule has 4 rings (SSSR count). The molecule has 2 aromatic carbocycles. The van der Waals surface area contributed by atoms with E-state index in [0.29, 0.717) is 5.56 Å². The Morgan fingerprint density at radius 3 is 2.16 bits per heavy atom. The van der Waals surface area contributed by atoms with Gasteiger partial charge in [-0.15, -0.1) is 0 Å². The maximum Gasteiger partial charge on any atom is 0.275 e. The lowest BCUT2D eigenvalue weighted by Gasteiger charge is -2.26. The normalized spacial score (nSPS) is 25.7. The van der Waals surface area contributed by atoms with Crippen LogP contribution in [0.25, 0.3) is 0 Å². The Balaban J connectivity index is 1.38. The van der Waals surface area contributed by atoms with Crippen LogP contribution in [0.4, 0.5) is 0 Å². The van der Waals surface area contributed by atoms with Gasteiger partial charge in [0.05, 0.1) is 13.2 Å². The third-order valence-corrected chi connectivity index (χ3v) is 5.69. The van der Waals surface area contributed by atoms with E-state index < -0.39 is 30.3 Å². The largest absolute Gasteiger partial charge is 0.387 e. The van der Waals surface area contributed by atoms with Gasteiger partial charge in [-0.2, -0.15) is 0 Å². The predicted molar refractivity (Wildman–Crippen MR) is 115 cm³/mol. The molecule has 8 heteroatoms. The second kappa shape index (κ2) is 10.2. The van der Waals surface area contributed by atoms with Gasteiger partial charge in [0, 0.05) is 30.8 Å². The van der Waals surface area contributed by atoms with Gasteiger partial charge in [0.1, 0.15) is 18.3 Å². The van der Waals surface area contributed by atoms with Crippen LogP contribution in [0.3, 0.4) is 0 Å². The van der Waals surface area contributed by atoms with Crippen molar-refractivity contribution in [1.29, 1.82) is 0 Å². The zero-order valence-electron chi connectivity index (χ0n) is 17.5. The summed E-state index contributed by atoms with van der Waals surface area (Å²) in [4.78, 5) is 13.9. The molecule has 2 aromatic rings. The number of carbonyl (C=O) groups is 1. The molecule has 0 radical (unpaired) electrons. The summed E-state index contributed by atoms with van der Waals surface area (Å²) in [5.74, 6) is 5.35. The predicted octanol–water partition coefficient (Wildman–Crippen LogP) is 0.586. The molecule has 0 spiro atoms. The molecule has 8 nitrogen and oxygen atoms in total. The fourth-order valence-electron chi connectivity index (χ4n) is 3.84. The number of hydroxylamine groups is 1. The average Bonchev–Trinajstić information content (AvgIpc) is 3.13. The molecule has 4 atom stereocenters. The Kier molecular flexibility index (Phi) is 7.17. The van der Waals surface area contributed by atoms with Crippen LogP contribution in [-0.4, -0.2) is 70.8 Å². The van der Waals surface area contributed by atoms with Gasteiger partial charge in [0.15, 0.2) is 6.10 Å². The minimum absolute atomic E-state index is 0.600. The van der Waals surface area contributed by atoms with E-state index in [0.717, 1.165) is 44.0 Å². The zero-order valence-corrected chi connectivity index (χ0v) is 17.5. The van der Waals surface area contributed by atoms with Gasteiger partial charge in [0.2, 0.25) is 0 Å². The number of ether oxygens (including phenoxy) is 2. The van der Waals surface area contributed by atoms with Crippen molar-refractivity contribution in [2.45, 2.75) is 31.0 Å². The summed E-state index contributed by atoms with van der Waals surface area (Å²) in [7, 11) is 0. The van der Waals surface area contributed by atoms with E-state index in [-0.39, 0.29) is 0 Å². The van der Waals surface area contributed by atoms with Crippen LogP contribution in [-0.2, 0) is 20.8 Å². The Morgan fingerprint density at radius 2 is 1.56 bits per heavy atom. The minimum atomic E-state index is -1.43. The van der Waals surface area contributed by atoms with Crippen LogP contribution in [0.2, 0.25) is 0 Å². The highest BCUT2D eigenvalue weighted by molar-refractivity contribution is 5.80. The first-order chi connectivity index (χ1) is 15.5. The highest BCUT2D eigenvalue weighted by atomic mass is 16.6. The number of amides is 1. The van der Waals surface area contributed by atoms with E-state index in [2.05, 4.69) is 28.9 Å². The van der Waals surface area contributed by atoms with Gasteiger partial charge < -0.3 is 19.7 Å². The molecule has 2 fully saturated rings. The zero-order chi connectivity index (χ0) is 22.5. The number of aliphatic hydroxyl groups excluding tert-OH is 2. The second-order valence-electron chi connectivity index (χ2n) is 7.89. The maximum absolute atomic E-state index is 11.6. The van der Waals surface area contributed by atoms with Crippen LogP contribution in [0.15, 0.2) is 48.5 Å². The number of aliphatic hydroxyl groups is 2. The SMILES string of the molecule is O=C(NO)[C@H]1O[C@@H](c2ccc(C#Cc3ccc(CN4CCOCC4)cc3)cc2)[C@@H](O)[C@H]1O. The number of nitrogens with zero attached hydrogens (tertiary/aromatic N) is 1. The van der Waals surface area contributed by atoms with Crippen LogP contribution >= 0.6 is 0 Å². The lowest BCUT2D eigenvalue weighted by atomic mass is 10.0. The summed E-state index contributed by atoms with van der Waals surface area (Å²) < 4.78 is 10.8. The van der Waals surface area contributed by atoms with Crippen molar-refractivity contribution in [3.63, 3.8) is 0 Å². The van der Waals surface area contributed by atoms with E-state index >= 15 is 0 Å². The first-order valence-electron chi connectivity index (χ1n) is 10.5. The van der Waals surface area contributed by atoms with Crippen LogP contribution in [0.5, 0.6) is 0 Å². The van der Waals surface area contributed by atoms with Crippen molar-refractivity contribution in [2.75, 3.05) is 26.3 Å². The van der Waals surface area contributed by atoms with Gasteiger partial charge in [-0.05, 0) is 35.4 Å².